The number of hydrogen-bond donors (Lipinski definition) is 2. The van der Waals surface area contributed by atoms with Crippen molar-refractivity contribution < 1.29 is 13.9 Å². The molecule has 1 heterocycles. The maximum Gasteiger partial charge on any atom is 0.280 e. The monoisotopic (exact) mass is 208 g/mol. The Bertz CT molecular complexity index is 296. The van der Waals surface area contributed by atoms with Gasteiger partial charge in [-0.3, -0.25) is 0 Å². The second-order valence-corrected chi connectivity index (χ2v) is 2.76. The van der Waals surface area contributed by atoms with Gasteiger partial charge in [0.05, 0.1) is 11.6 Å². The van der Waals surface area contributed by atoms with Gasteiger partial charge in [-0.15, -0.1) is 0 Å². The van der Waals surface area contributed by atoms with Crippen LogP contribution < -0.4 is 5.73 Å². The van der Waals surface area contributed by atoms with Gasteiger partial charge in [-0.2, -0.15) is 0 Å². The van der Waals surface area contributed by atoms with Gasteiger partial charge in [0.25, 0.3) is 6.43 Å². The highest BCUT2D eigenvalue weighted by molar-refractivity contribution is 6.31. The maximum atomic E-state index is 12.1. The molecule has 0 bridgehead atoms. The number of pyridine rings is 1. The van der Waals surface area contributed by atoms with Gasteiger partial charge >= 0.3 is 0 Å². The van der Waals surface area contributed by atoms with Crippen LogP contribution in [0.1, 0.15) is 17.7 Å². The third-order valence-corrected chi connectivity index (χ3v) is 1.84. The van der Waals surface area contributed by atoms with Crippen molar-refractivity contribution in [3.8, 4) is 0 Å². The average Bonchev–Trinajstić information content (AvgIpc) is 2.03. The zero-order valence-electron chi connectivity index (χ0n) is 6.47. The highest BCUT2D eigenvalue weighted by atomic mass is 35.5. The Morgan fingerprint density at radius 3 is 2.62 bits per heavy atom. The van der Waals surface area contributed by atoms with Crippen LogP contribution in [-0.4, -0.2) is 10.1 Å². The van der Waals surface area contributed by atoms with E-state index in [2.05, 4.69) is 4.98 Å². The lowest BCUT2D eigenvalue weighted by molar-refractivity contribution is 0.146. The number of nitrogens with two attached hydrogens (primary N) is 1. The smallest absolute Gasteiger partial charge is 0.280 e. The molecule has 0 unspecified atom stereocenters. The highest BCUT2D eigenvalue weighted by Crippen LogP contribution is 2.26. The maximum absolute atomic E-state index is 12.1. The van der Waals surface area contributed by atoms with Gasteiger partial charge in [0.15, 0.2) is 0 Å². The lowest BCUT2D eigenvalue weighted by Crippen LogP contribution is -2.02. The minimum Gasteiger partial charge on any atom is -0.391 e. The van der Waals surface area contributed by atoms with E-state index in [1.54, 1.807) is 0 Å². The summed E-state index contributed by atoms with van der Waals surface area (Å²) in [4.78, 5) is 3.39. The fraction of sp³-hybridized carbons (Fsp3) is 0.286. The predicted octanol–water partition coefficient (Wildman–Crippen LogP) is 1.75. The van der Waals surface area contributed by atoms with E-state index < -0.39 is 18.7 Å². The lowest BCUT2D eigenvalue weighted by atomic mass is 10.2. The normalized spacial score (nSPS) is 10.8. The van der Waals surface area contributed by atoms with Gasteiger partial charge in [-0.05, 0) is 6.07 Å². The van der Waals surface area contributed by atoms with Gasteiger partial charge in [0, 0.05) is 5.56 Å². The molecular weight excluding hydrogens is 202 g/mol. The molecule has 6 heteroatoms. The average molecular weight is 209 g/mol. The molecule has 3 N–H and O–H groups in total. The first-order chi connectivity index (χ1) is 6.06. The first kappa shape index (κ1) is 10.1. The largest absolute Gasteiger partial charge is 0.391 e. The van der Waals surface area contributed by atoms with Crippen LogP contribution >= 0.6 is 11.6 Å². The molecule has 13 heavy (non-hydrogen) atoms. The third kappa shape index (κ3) is 2.05. The van der Waals surface area contributed by atoms with E-state index in [-0.39, 0.29) is 16.4 Å². The number of rotatable bonds is 2. The van der Waals surface area contributed by atoms with Crippen LogP contribution in [0.2, 0.25) is 5.02 Å². The first-order valence-electron chi connectivity index (χ1n) is 3.40. The number of anilines is 1. The zero-order chi connectivity index (χ0) is 10.0. The summed E-state index contributed by atoms with van der Waals surface area (Å²) in [6.45, 7) is -0.415. The lowest BCUT2D eigenvalue weighted by Gasteiger charge is -2.06. The van der Waals surface area contributed by atoms with Gasteiger partial charge in [-0.25, -0.2) is 13.8 Å². The van der Waals surface area contributed by atoms with E-state index in [0.717, 1.165) is 6.07 Å². The second kappa shape index (κ2) is 3.85. The number of hydrogen-bond acceptors (Lipinski definition) is 3. The summed E-state index contributed by atoms with van der Waals surface area (Å²) in [7, 11) is 0. The van der Waals surface area contributed by atoms with Crippen LogP contribution in [0.25, 0.3) is 0 Å². The van der Waals surface area contributed by atoms with Crippen molar-refractivity contribution in [3.05, 3.63) is 22.3 Å². The van der Waals surface area contributed by atoms with E-state index in [0.29, 0.717) is 0 Å². The Labute approximate surface area is 78.1 Å². The molecule has 3 nitrogen and oxygen atoms in total. The zero-order valence-corrected chi connectivity index (χ0v) is 7.22. The van der Waals surface area contributed by atoms with Crippen LogP contribution in [0, 0.1) is 0 Å². The molecule has 0 saturated carbocycles. The summed E-state index contributed by atoms with van der Waals surface area (Å²) in [6, 6.07) is 0.994. The molecule has 72 valence electrons. The van der Waals surface area contributed by atoms with Crippen molar-refractivity contribution in [2.45, 2.75) is 13.0 Å². The van der Waals surface area contributed by atoms with Crippen molar-refractivity contribution in [2.75, 3.05) is 5.73 Å². The summed E-state index contributed by atoms with van der Waals surface area (Å²) in [5.74, 6) is -0.162. The van der Waals surface area contributed by atoms with Crippen molar-refractivity contribution in [2.24, 2.45) is 0 Å². The van der Waals surface area contributed by atoms with Crippen LogP contribution in [0.15, 0.2) is 6.07 Å². The van der Waals surface area contributed by atoms with Gasteiger partial charge in [0.2, 0.25) is 0 Å². The molecule has 0 amide bonds. The molecule has 0 aliphatic rings. The number of nitrogen functional groups attached to an aromatic ring is 1. The Kier molecular flexibility index (Phi) is 3.00. The Balaban J connectivity index is 3.20. The standard InChI is InChI=1S/C7H7ClF2N2O/c8-4-1-5(6(9)10)12-7(11)3(4)2-13/h1,6,13H,2H2,(H2,11,12). The van der Waals surface area contributed by atoms with Crippen LogP contribution in [0.4, 0.5) is 14.6 Å². The minimum atomic E-state index is -2.72. The second-order valence-electron chi connectivity index (χ2n) is 2.35. The van der Waals surface area contributed by atoms with E-state index in [9.17, 15) is 8.78 Å². The summed E-state index contributed by atoms with van der Waals surface area (Å²) in [5.41, 5.74) is 4.97. The van der Waals surface area contributed by atoms with Crippen LogP contribution in [0.5, 0.6) is 0 Å². The fourth-order valence-corrected chi connectivity index (χ4v) is 1.11. The van der Waals surface area contributed by atoms with Crippen LogP contribution in [-0.2, 0) is 6.61 Å². The molecule has 0 spiro atoms. The Morgan fingerprint density at radius 2 is 2.23 bits per heavy atom. The quantitative estimate of drug-likeness (QED) is 0.779. The number of halogens is 3. The molecule has 1 aromatic heterocycles. The van der Waals surface area contributed by atoms with Gasteiger partial charge in [-0.1, -0.05) is 11.6 Å². The Morgan fingerprint density at radius 1 is 1.62 bits per heavy atom. The highest BCUT2D eigenvalue weighted by Gasteiger charge is 2.14. The molecule has 1 aromatic rings. The molecule has 0 atom stereocenters. The molecule has 0 radical (unpaired) electrons. The number of alkyl halides is 2. The minimum absolute atomic E-state index is 0.00491. The van der Waals surface area contributed by atoms with Crippen molar-refractivity contribution in [1.29, 1.82) is 0 Å². The molecule has 1 rings (SSSR count). The number of aliphatic hydroxyl groups is 1. The van der Waals surface area contributed by atoms with E-state index in [1.807, 2.05) is 0 Å². The van der Waals surface area contributed by atoms with E-state index in [4.69, 9.17) is 22.4 Å². The summed E-state index contributed by atoms with van der Waals surface area (Å²) >= 11 is 5.57. The van der Waals surface area contributed by atoms with Crippen molar-refractivity contribution >= 4 is 17.4 Å². The first-order valence-corrected chi connectivity index (χ1v) is 3.78. The number of aliphatic hydroxyl groups excluding tert-OH is 1. The summed E-state index contributed by atoms with van der Waals surface area (Å²) < 4.78 is 24.2. The molecular formula is C7H7ClF2N2O. The molecule has 0 aromatic carbocycles. The number of aromatic nitrogens is 1. The SMILES string of the molecule is Nc1nc(C(F)F)cc(Cl)c1CO. The van der Waals surface area contributed by atoms with E-state index in [1.165, 1.54) is 0 Å². The van der Waals surface area contributed by atoms with Crippen molar-refractivity contribution in [1.82, 2.24) is 4.98 Å². The predicted molar refractivity (Wildman–Crippen MR) is 44.5 cm³/mol. The Hall–Kier alpha value is -0.940. The molecule has 0 saturated heterocycles. The van der Waals surface area contributed by atoms with Gasteiger partial charge < -0.3 is 10.8 Å². The van der Waals surface area contributed by atoms with Crippen LogP contribution in [0.3, 0.4) is 0 Å². The topological polar surface area (TPSA) is 59.1 Å². The summed E-state index contributed by atoms with van der Waals surface area (Å²) in [5, 5.41) is 8.74. The third-order valence-electron chi connectivity index (χ3n) is 1.50. The van der Waals surface area contributed by atoms with E-state index >= 15 is 0 Å². The molecule has 0 fully saturated rings. The number of nitrogens with zero attached hydrogens (tertiary/aromatic N) is 1. The van der Waals surface area contributed by atoms with Gasteiger partial charge in [0.1, 0.15) is 11.5 Å². The molecule has 0 aliphatic carbocycles. The van der Waals surface area contributed by atoms with Crippen molar-refractivity contribution in [3.63, 3.8) is 0 Å². The fourth-order valence-electron chi connectivity index (χ4n) is 0.846. The molecule has 0 aliphatic heterocycles. The summed E-state index contributed by atoms with van der Waals surface area (Å²) in [6.07, 6.45) is -2.72.